The van der Waals surface area contributed by atoms with E-state index in [1.165, 1.54) is 0 Å². The van der Waals surface area contributed by atoms with E-state index in [1.807, 2.05) is 30.3 Å². The molecule has 5 heteroatoms. The van der Waals surface area contributed by atoms with Gasteiger partial charge < -0.3 is 10.3 Å². The molecular weight excluding hydrogens is 252 g/mol. The predicted octanol–water partition coefficient (Wildman–Crippen LogP) is 2.69. The Morgan fingerprint density at radius 2 is 2.05 bits per heavy atom. The molecule has 1 aliphatic carbocycles. The van der Waals surface area contributed by atoms with Crippen molar-refractivity contribution in [3.05, 3.63) is 42.4 Å². The lowest BCUT2D eigenvalue weighted by molar-refractivity contribution is 0.411. The first kappa shape index (κ1) is 11.5. The molecule has 2 heterocycles. The third kappa shape index (κ3) is 1.87. The summed E-state index contributed by atoms with van der Waals surface area (Å²) in [6.07, 6.45) is 4.05. The highest BCUT2D eigenvalue weighted by molar-refractivity contribution is 5.92. The third-order valence-corrected chi connectivity index (χ3v) is 3.75. The number of pyridine rings is 1. The molecule has 0 bridgehead atoms. The van der Waals surface area contributed by atoms with Crippen LogP contribution in [-0.2, 0) is 0 Å². The molecule has 4 rings (SSSR count). The summed E-state index contributed by atoms with van der Waals surface area (Å²) >= 11 is 0. The first-order chi connectivity index (χ1) is 9.83. The molecular formula is C15H14N4O. The monoisotopic (exact) mass is 266 g/mol. The highest BCUT2D eigenvalue weighted by atomic mass is 16.5. The van der Waals surface area contributed by atoms with Gasteiger partial charge in [-0.05, 0) is 30.2 Å². The zero-order valence-corrected chi connectivity index (χ0v) is 10.9. The van der Waals surface area contributed by atoms with Crippen molar-refractivity contribution >= 4 is 10.8 Å². The molecule has 0 saturated heterocycles. The number of nitrogens with zero attached hydrogens (tertiary/aromatic N) is 3. The normalized spacial score (nSPS) is 16.4. The molecule has 2 N–H and O–H groups in total. The standard InChI is InChI=1S/C15H14N4O/c16-12(10-5-6-10)14-18-15(20-19-14)13-11-4-2-1-3-9(11)7-8-17-13/h1-4,7-8,10,12H,5-6,16H2. The van der Waals surface area contributed by atoms with Crippen LogP contribution in [0.2, 0.25) is 0 Å². The Morgan fingerprint density at radius 1 is 1.20 bits per heavy atom. The first-order valence-corrected chi connectivity index (χ1v) is 6.76. The Hall–Kier alpha value is -2.27. The predicted molar refractivity (Wildman–Crippen MR) is 74.7 cm³/mol. The molecule has 1 fully saturated rings. The summed E-state index contributed by atoms with van der Waals surface area (Å²) in [4.78, 5) is 8.80. The molecule has 100 valence electrons. The first-order valence-electron chi connectivity index (χ1n) is 6.76. The Morgan fingerprint density at radius 3 is 2.90 bits per heavy atom. The highest BCUT2D eigenvalue weighted by Gasteiger charge is 2.32. The van der Waals surface area contributed by atoms with Crippen LogP contribution in [-0.4, -0.2) is 15.1 Å². The number of hydrogen-bond acceptors (Lipinski definition) is 5. The van der Waals surface area contributed by atoms with Gasteiger partial charge in [0.05, 0.1) is 6.04 Å². The van der Waals surface area contributed by atoms with Crippen molar-refractivity contribution in [2.45, 2.75) is 18.9 Å². The molecule has 0 radical (unpaired) electrons. The molecule has 1 saturated carbocycles. The van der Waals surface area contributed by atoms with Gasteiger partial charge in [-0.1, -0.05) is 29.4 Å². The quantitative estimate of drug-likeness (QED) is 0.788. The lowest BCUT2D eigenvalue weighted by Crippen LogP contribution is -2.13. The molecule has 0 aliphatic heterocycles. The van der Waals surface area contributed by atoms with Gasteiger partial charge in [-0.3, -0.25) is 4.98 Å². The van der Waals surface area contributed by atoms with Crippen molar-refractivity contribution in [2.24, 2.45) is 11.7 Å². The lowest BCUT2D eigenvalue weighted by atomic mass is 10.1. The van der Waals surface area contributed by atoms with E-state index < -0.39 is 0 Å². The fraction of sp³-hybridized carbons (Fsp3) is 0.267. The highest BCUT2D eigenvalue weighted by Crippen LogP contribution is 2.38. The number of hydrogen-bond donors (Lipinski definition) is 1. The third-order valence-electron chi connectivity index (χ3n) is 3.75. The van der Waals surface area contributed by atoms with Crippen LogP contribution in [0.25, 0.3) is 22.4 Å². The number of benzene rings is 1. The van der Waals surface area contributed by atoms with Crippen LogP contribution < -0.4 is 5.73 Å². The van der Waals surface area contributed by atoms with Crippen LogP contribution in [0.3, 0.4) is 0 Å². The van der Waals surface area contributed by atoms with Crippen molar-refractivity contribution < 1.29 is 4.52 Å². The van der Waals surface area contributed by atoms with E-state index in [0.29, 0.717) is 23.3 Å². The summed E-state index contributed by atoms with van der Waals surface area (Å²) in [6.45, 7) is 0. The van der Waals surface area contributed by atoms with Crippen LogP contribution in [0.1, 0.15) is 24.7 Å². The second kappa shape index (κ2) is 4.38. The van der Waals surface area contributed by atoms with Gasteiger partial charge in [0.15, 0.2) is 5.82 Å². The van der Waals surface area contributed by atoms with Crippen LogP contribution in [0.4, 0.5) is 0 Å². The summed E-state index contributed by atoms with van der Waals surface area (Å²) in [5.74, 6) is 1.52. The minimum Gasteiger partial charge on any atom is -0.332 e. The maximum Gasteiger partial charge on any atom is 0.277 e. The van der Waals surface area contributed by atoms with Crippen molar-refractivity contribution in [1.29, 1.82) is 0 Å². The van der Waals surface area contributed by atoms with Crippen molar-refractivity contribution in [3.63, 3.8) is 0 Å². The van der Waals surface area contributed by atoms with E-state index in [-0.39, 0.29) is 6.04 Å². The van der Waals surface area contributed by atoms with Crippen LogP contribution in [0.5, 0.6) is 0 Å². The second-order valence-electron chi connectivity index (χ2n) is 5.20. The van der Waals surface area contributed by atoms with Gasteiger partial charge in [-0.2, -0.15) is 4.98 Å². The Labute approximate surface area is 115 Å². The van der Waals surface area contributed by atoms with Crippen LogP contribution in [0, 0.1) is 5.92 Å². The Bertz CT molecular complexity index is 758. The molecule has 2 aromatic heterocycles. The smallest absolute Gasteiger partial charge is 0.277 e. The van der Waals surface area contributed by atoms with Gasteiger partial charge in [0, 0.05) is 11.6 Å². The van der Waals surface area contributed by atoms with Gasteiger partial charge in [0.2, 0.25) is 0 Å². The summed E-state index contributed by atoms with van der Waals surface area (Å²) in [5.41, 5.74) is 6.81. The molecule has 20 heavy (non-hydrogen) atoms. The van der Waals surface area contributed by atoms with Gasteiger partial charge in [-0.15, -0.1) is 0 Å². The molecule has 1 unspecified atom stereocenters. The molecule has 5 nitrogen and oxygen atoms in total. The summed E-state index contributed by atoms with van der Waals surface area (Å²) < 4.78 is 5.35. The molecule has 3 aromatic rings. The Kier molecular flexibility index (Phi) is 2.53. The average Bonchev–Trinajstić information content (AvgIpc) is 3.23. The SMILES string of the molecule is NC(c1noc(-c2nccc3ccccc23)n1)C1CC1. The van der Waals surface area contributed by atoms with Crippen molar-refractivity contribution in [1.82, 2.24) is 15.1 Å². The number of nitrogens with two attached hydrogens (primary N) is 1. The second-order valence-corrected chi connectivity index (χ2v) is 5.20. The number of fused-ring (bicyclic) bond motifs is 1. The molecule has 0 spiro atoms. The topological polar surface area (TPSA) is 77.8 Å². The van der Waals surface area contributed by atoms with Crippen molar-refractivity contribution in [3.8, 4) is 11.6 Å². The Balaban J connectivity index is 1.79. The fourth-order valence-corrected chi connectivity index (χ4v) is 2.42. The van der Waals surface area contributed by atoms with E-state index in [9.17, 15) is 0 Å². The van der Waals surface area contributed by atoms with Gasteiger partial charge >= 0.3 is 0 Å². The molecule has 1 aliphatic rings. The van der Waals surface area contributed by atoms with Gasteiger partial charge in [-0.25, -0.2) is 0 Å². The van der Waals surface area contributed by atoms with Gasteiger partial charge in [0.25, 0.3) is 5.89 Å². The fourth-order valence-electron chi connectivity index (χ4n) is 2.42. The molecule has 1 atom stereocenters. The average molecular weight is 266 g/mol. The van der Waals surface area contributed by atoms with E-state index in [4.69, 9.17) is 10.3 Å². The maximum atomic E-state index is 6.10. The zero-order valence-electron chi connectivity index (χ0n) is 10.9. The maximum absolute atomic E-state index is 6.10. The zero-order chi connectivity index (χ0) is 13.5. The molecule has 0 amide bonds. The van der Waals surface area contributed by atoms with Gasteiger partial charge in [0.1, 0.15) is 5.69 Å². The summed E-state index contributed by atoms with van der Waals surface area (Å²) in [7, 11) is 0. The lowest BCUT2D eigenvalue weighted by Gasteiger charge is -2.02. The number of aromatic nitrogens is 3. The van der Waals surface area contributed by atoms with Crippen molar-refractivity contribution in [2.75, 3.05) is 0 Å². The minimum absolute atomic E-state index is 0.123. The van der Waals surface area contributed by atoms with E-state index in [1.54, 1.807) is 6.20 Å². The van der Waals surface area contributed by atoms with E-state index in [0.717, 1.165) is 23.6 Å². The van der Waals surface area contributed by atoms with E-state index >= 15 is 0 Å². The van der Waals surface area contributed by atoms with Crippen LogP contribution >= 0.6 is 0 Å². The van der Waals surface area contributed by atoms with E-state index in [2.05, 4.69) is 15.1 Å². The molecule has 1 aromatic carbocycles. The summed E-state index contributed by atoms with van der Waals surface area (Å²) in [6, 6.07) is 9.85. The van der Waals surface area contributed by atoms with Crippen LogP contribution in [0.15, 0.2) is 41.1 Å². The largest absolute Gasteiger partial charge is 0.332 e. The summed E-state index contributed by atoms with van der Waals surface area (Å²) in [5, 5.41) is 6.11. The minimum atomic E-state index is -0.123. The number of rotatable bonds is 3.